The Morgan fingerprint density at radius 3 is 2.76 bits per heavy atom. The van der Waals surface area contributed by atoms with Crippen molar-refractivity contribution in [2.24, 2.45) is 0 Å². The van der Waals surface area contributed by atoms with E-state index in [-0.39, 0.29) is 23.7 Å². The van der Waals surface area contributed by atoms with Crippen LogP contribution in [0.15, 0.2) is 40.9 Å². The lowest BCUT2D eigenvalue weighted by atomic mass is 9.97. The number of benzene rings is 1. The molecule has 150 valence electrons. The first-order valence-electron chi connectivity index (χ1n) is 9.84. The number of amides is 1. The maximum absolute atomic E-state index is 13.0. The van der Waals surface area contributed by atoms with Gasteiger partial charge in [-0.3, -0.25) is 4.79 Å². The summed E-state index contributed by atoms with van der Waals surface area (Å²) in [7, 11) is 0. The molecule has 0 radical (unpaired) electrons. The topological polar surface area (TPSA) is 111 Å². The minimum Gasteiger partial charge on any atom is -0.368 e. The molecule has 1 atom stereocenters. The first-order chi connectivity index (χ1) is 14.0. The van der Waals surface area contributed by atoms with Crippen LogP contribution in [0.1, 0.15) is 60.6 Å². The van der Waals surface area contributed by atoms with Gasteiger partial charge in [0, 0.05) is 24.3 Å². The van der Waals surface area contributed by atoms with E-state index in [0.717, 1.165) is 24.1 Å². The minimum absolute atomic E-state index is 0.00131. The van der Waals surface area contributed by atoms with Crippen LogP contribution < -0.4 is 5.73 Å². The Kier molecular flexibility index (Phi) is 5.24. The van der Waals surface area contributed by atoms with E-state index < -0.39 is 0 Å². The summed E-state index contributed by atoms with van der Waals surface area (Å²) >= 11 is 0. The van der Waals surface area contributed by atoms with E-state index in [0.29, 0.717) is 30.5 Å². The molecule has 29 heavy (non-hydrogen) atoms. The molecule has 1 unspecified atom stereocenters. The van der Waals surface area contributed by atoms with Crippen LogP contribution in [0.2, 0.25) is 0 Å². The zero-order valence-corrected chi connectivity index (χ0v) is 16.6. The van der Waals surface area contributed by atoms with Crippen LogP contribution in [0.25, 0.3) is 11.4 Å². The predicted molar refractivity (Wildman–Crippen MR) is 108 cm³/mol. The van der Waals surface area contributed by atoms with Gasteiger partial charge in [0.1, 0.15) is 5.69 Å². The third-order valence-electron chi connectivity index (χ3n) is 5.11. The summed E-state index contributed by atoms with van der Waals surface area (Å²) in [5, 5.41) is 4.11. The highest BCUT2D eigenvalue weighted by Gasteiger charge is 2.30. The molecule has 2 N–H and O–H groups in total. The smallest absolute Gasteiger partial charge is 0.272 e. The second-order valence-electron chi connectivity index (χ2n) is 7.60. The second kappa shape index (κ2) is 7.98. The van der Waals surface area contributed by atoms with E-state index in [9.17, 15) is 4.79 Å². The fourth-order valence-electron chi connectivity index (χ4n) is 3.52. The normalized spacial score (nSPS) is 16.9. The van der Waals surface area contributed by atoms with Crippen LogP contribution >= 0.6 is 0 Å². The fourth-order valence-corrected chi connectivity index (χ4v) is 3.52. The van der Waals surface area contributed by atoms with Gasteiger partial charge in [0.2, 0.25) is 17.7 Å². The van der Waals surface area contributed by atoms with Crippen molar-refractivity contribution in [3.05, 3.63) is 53.7 Å². The quantitative estimate of drug-likeness (QED) is 0.725. The highest BCUT2D eigenvalue weighted by atomic mass is 16.5. The van der Waals surface area contributed by atoms with Crippen LogP contribution in [0, 0.1) is 0 Å². The summed E-state index contributed by atoms with van der Waals surface area (Å²) in [6, 6.07) is 11.4. The molecule has 0 saturated carbocycles. The number of likely N-dealkylation sites (tertiary alicyclic amines) is 1. The van der Waals surface area contributed by atoms with E-state index >= 15 is 0 Å². The Hall–Kier alpha value is -3.29. The third-order valence-corrected chi connectivity index (χ3v) is 5.11. The van der Waals surface area contributed by atoms with Crippen molar-refractivity contribution >= 4 is 11.9 Å². The van der Waals surface area contributed by atoms with Crippen molar-refractivity contribution in [1.29, 1.82) is 0 Å². The Labute approximate surface area is 169 Å². The third kappa shape index (κ3) is 4.11. The van der Waals surface area contributed by atoms with Crippen molar-refractivity contribution in [3.63, 3.8) is 0 Å². The summed E-state index contributed by atoms with van der Waals surface area (Å²) < 4.78 is 5.52. The Balaban J connectivity index is 1.52. The van der Waals surface area contributed by atoms with Crippen LogP contribution in [0.3, 0.4) is 0 Å². The molecule has 1 aromatic carbocycles. The summed E-state index contributed by atoms with van der Waals surface area (Å²) in [5.74, 6) is 1.27. The van der Waals surface area contributed by atoms with Gasteiger partial charge in [0.25, 0.3) is 5.91 Å². The highest BCUT2D eigenvalue weighted by molar-refractivity contribution is 5.92. The lowest BCUT2D eigenvalue weighted by molar-refractivity contribution is 0.0689. The zero-order valence-electron chi connectivity index (χ0n) is 16.6. The molecule has 1 saturated heterocycles. The summed E-state index contributed by atoms with van der Waals surface area (Å²) in [6.07, 6.45) is 1.75. The van der Waals surface area contributed by atoms with Gasteiger partial charge in [-0.2, -0.15) is 4.98 Å². The molecule has 2 aromatic heterocycles. The Morgan fingerprint density at radius 1 is 1.21 bits per heavy atom. The largest absolute Gasteiger partial charge is 0.368 e. The van der Waals surface area contributed by atoms with E-state index in [1.54, 1.807) is 11.0 Å². The van der Waals surface area contributed by atoms with Gasteiger partial charge in [0.15, 0.2) is 0 Å². The van der Waals surface area contributed by atoms with Crippen molar-refractivity contribution in [3.8, 4) is 11.4 Å². The number of hydrogen-bond acceptors (Lipinski definition) is 7. The van der Waals surface area contributed by atoms with Gasteiger partial charge in [-0.1, -0.05) is 49.3 Å². The number of carbonyl (C=O) groups excluding carboxylic acids is 1. The zero-order chi connectivity index (χ0) is 20.4. The molecule has 1 aliphatic heterocycles. The molecule has 8 heteroatoms. The predicted octanol–water partition coefficient (Wildman–Crippen LogP) is 3.25. The second-order valence-corrected chi connectivity index (χ2v) is 7.60. The van der Waals surface area contributed by atoms with Gasteiger partial charge >= 0.3 is 0 Å². The SMILES string of the molecule is CC(C)c1cc(C(=O)N2CCCC(c3nc(-c4ccccc4)no3)C2)nc(N)n1. The van der Waals surface area contributed by atoms with E-state index in [2.05, 4.69) is 20.1 Å². The molecule has 1 fully saturated rings. The molecule has 0 aliphatic carbocycles. The fraction of sp³-hybridized carbons (Fsp3) is 0.381. The van der Waals surface area contributed by atoms with Gasteiger partial charge in [-0.05, 0) is 24.8 Å². The molecule has 0 spiro atoms. The van der Waals surface area contributed by atoms with Gasteiger partial charge < -0.3 is 15.2 Å². The molecule has 1 amide bonds. The first-order valence-corrected chi connectivity index (χ1v) is 9.84. The number of nitrogens with two attached hydrogens (primary N) is 1. The average molecular weight is 392 g/mol. The first kappa shape index (κ1) is 19.0. The van der Waals surface area contributed by atoms with Crippen LogP contribution in [0.5, 0.6) is 0 Å². The number of piperidine rings is 1. The van der Waals surface area contributed by atoms with Crippen LogP contribution in [-0.2, 0) is 0 Å². The maximum Gasteiger partial charge on any atom is 0.272 e. The van der Waals surface area contributed by atoms with Crippen molar-refractivity contribution < 1.29 is 9.32 Å². The van der Waals surface area contributed by atoms with Crippen molar-refractivity contribution in [2.45, 2.75) is 38.5 Å². The molecule has 1 aliphatic rings. The minimum atomic E-state index is -0.145. The summed E-state index contributed by atoms with van der Waals surface area (Å²) in [4.78, 5) is 27.8. The standard InChI is InChI=1S/C21H24N6O2/c1-13(2)16-11-17(24-21(22)23-16)20(28)27-10-6-9-15(12-27)19-25-18(26-29-19)14-7-4-3-5-8-14/h3-5,7-8,11,13,15H,6,9-10,12H2,1-2H3,(H2,22,23,24). The molecule has 3 heterocycles. The maximum atomic E-state index is 13.0. The average Bonchev–Trinajstić information content (AvgIpc) is 3.24. The van der Waals surface area contributed by atoms with Crippen molar-refractivity contribution in [1.82, 2.24) is 25.0 Å². The molecule has 3 aromatic rings. The van der Waals surface area contributed by atoms with Crippen LogP contribution in [-0.4, -0.2) is 44.0 Å². The van der Waals surface area contributed by atoms with E-state index in [4.69, 9.17) is 10.3 Å². The number of nitrogens with zero attached hydrogens (tertiary/aromatic N) is 5. The highest BCUT2D eigenvalue weighted by Crippen LogP contribution is 2.28. The molecule has 4 rings (SSSR count). The Bertz CT molecular complexity index is 1000. The monoisotopic (exact) mass is 392 g/mol. The van der Waals surface area contributed by atoms with Gasteiger partial charge in [-0.25, -0.2) is 9.97 Å². The van der Waals surface area contributed by atoms with Crippen LogP contribution in [0.4, 0.5) is 5.95 Å². The van der Waals surface area contributed by atoms with Gasteiger partial charge in [-0.15, -0.1) is 0 Å². The lowest BCUT2D eigenvalue weighted by Crippen LogP contribution is -2.39. The number of rotatable bonds is 4. The molecule has 8 nitrogen and oxygen atoms in total. The summed E-state index contributed by atoms with van der Waals surface area (Å²) in [5.41, 5.74) is 7.81. The number of carbonyl (C=O) groups is 1. The summed E-state index contributed by atoms with van der Waals surface area (Å²) in [6.45, 7) is 5.19. The molecule has 0 bridgehead atoms. The number of nitrogen functional groups attached to an aromatic ring is 1. The van der Waals surface area contributed by atoms with E-state index in [1.165, 1.54) is 0 Å². The van der Waals surface area contributed by atoms with Crippen molar-refractivity contribution in [2.75, 3.05) is 18.8 Å². The number of aromatic nitrogens is 4. The van der Waals surface area contributed by atoms with E-state index in [1.807, 2.05) is 44.2 Å². The van der Waals surface area contributed by atoms with Gasteiger partial charge in [0.05, 0.1) is 5.92 Å². The number of hydrogen-bond donors (Lipinski definition) is 1. The Morgan fingerprint density at radius 2 is 2.00 bits per heavy atom. The molecular formula is C21H24N6O2. The lowest BCUT2D eigenvalue weighted by Gasteiger charge is -2.30. The molecular weight excluding hydrogens is 368 g/mol. The number of anilines is 1.